The summed E-state index contributed by atoms with van der Waals surface area (Å²) in [7, 11) is 0. The molecule has 1 unspecified atom stereocenters. The summed E-state index contributed by atoms with van der Waals surface area (Å²) in [5.74, 6) is -0.233. The van der Waals surface area contributed by atoms with E-state index in [-0.39, 0.29) is 11.7 Å². The monoisotopic (exact) mass is 298 g/mol. The van der Waals surface area contributed by atoms with Crippen molar-refractivity contribution in [2.75, 3.05) is 13.1 Å². The number of nitriles is 1. The van der Waals surface area contributed by atoms with Crippen LogP contribution in [0.2, 0.25) is 0 Å². The summed E-state index contributed by atoms with van der Waals surface area (Å²) in [6.45, 7) is 6.29. The van der Waals surface area contributed by atoms with Gasteiger partial charge in [0.1, 0.15) is 5.82 Å². The van der Waals surface area contributed by atoms with Gasteiger partial charge in [0.2, 0.25) is 0 Å². The summed E-state index contributed by atoms with van der Waals surface area (Å²) in [5, 5.41) is 8.80. The second kappa shape index (κ2) is 6.73. The van der Waals surface area contributed by atoms with Crippen LogP contribution in [-0.2, 0) is 6.54 Å². The fourth-order valence-corrected chi connectivity index (χ4v) is 2.10. The second-order valence-electron chi connectivity index (χ2n) is 4.09. The van der Waals surface area contributed by atoms with Gasteiger partial charge in [-0.3, -0.25) is 4.90 Å². The number of hydrogen-bond donors (Lipinski definition) is 0. The Labute approximate surface area is 110 Å². The van der Waals surface area contributed by atoms with Crippen molar-refractivity contribution in [2.45, 2.75) is 20.4 Å². The number of hydrogen-bond acceptors (Lipinski definition) is 2. The van der Waals surface area contributed by atoms with Gasteiger partial charge in [-0.2, -0.15) is 5.26 Å². The van der Waals surface area contributed by atoms with Crippen molar-refractivity contribution in [1.29, 1.82) is 5.26 Å². The average Bonchev–Trinajstić information content (AvgIpc) is 2.31. The topological polar surface area (TPSA) is 27.0 Å². The second-order valence-corrected chi connectivity index (χ2v) is 4.95. The van der Waals surface area contributed by atoms with Crippen molar-refractivity contribution in [3.05, 3.63) is 34.1 Å². The minimum Gasteiger partial charge on any atom is -0.298 e. The maximum Gasteiger partial charge on any atom is 0.124 e. The van der Waals surface area contributed by atoms with E-state index in [0.29, 0.717) is 0 Å². The van der Waals surface area contributed by atoms with Crippen molar-refractivity contribution in [2.24, 2.45) is 5.92 Å². The molecule has 1 aromatic rings. The third-order valence-corrected chi connectivity index (χ3v) is 3.35. The molecule has 0 spiro atoms. The molecule has 0 amide bonds. The lowest BCUT2D eigenvalue weighted by molar-refractivity contribution is 0.260. The molecule has 0 radical (unpaired) electrons. The fourth-order valence-electron chi connectivity index (χ4n) is 1.62. The fraction of sp³-hybridized carbons (Fsp3) is 0.462. The summed E-state index contributed by atoms with van der Waals surface area (Å²) < 4.78 is 13.7. The molecule has 17 heavy (non-hydrogen) atoms. The highest BCUT2D eigenvalue weighted by Crippen LogP contribution is 2.20. The Balaban J connectivity index is 2.71. The van der Waals surface area contributed by atoms with Crippen LogP contribution in [0.4, 0.5) is 4.39 Å². The van der Waals surface area contributed by atoms with Gasteiger partial charge < -0.3 is 0 Å². The molecular weight excluding hydrogens is 283 g/mol. The van der Waals surface area contributed by atoms with Crippen LogP contribution in [0, 0.1) is 23.1 Å². The Morgan fingerprint density at radius 1 is 1.53 bits per heavy atom. The Hall–Kier alpha value is -0.920. The predicted octanol–water partition coefficient (Wildman–Crippen LogP) is 3.57. The van der Waals surface area contributed by atoms with Gasteiger partial charge in [0.15, 0.2) is 0 Å². The van der Waals surface area contributed by atoms with E-state index >= 15 is 0 Å². The van der Waals surface area contributed by atoms with Gasteiger partial charge in [0.25, 0.3) is 0 Å². The first-order valence-corrected chi connectivity index (χ1v) is 6.42. The minimum absolute atomic E-state index is 0.00849. The molecule has 0 saturated heterocycles. The van der Waals surface area contributed by atoms with Crippen molar-refractivity contribution in [3.63, 3.8) is 0 Å². The Kier molecular flexibility index (Phi) is 5.60. The first-order chi connectivity index (χ1) is 8.06. The summed E-state index contributed by atoms with van der Waals surface area (Å²) in [6, 6.07) is 6.93. The molecule has 0 bridgehead atoms. The molecular formula is C13H16BrFN2. The number of halogens is 2. The van der Waals surface area contributed by atoms with Gasteiger partial charge in [0.05, 0.1) is 12.0 Å². The molecule has 4 heteroatoms. The highest BCUT2D eigenvalue weighted by Gasteiger charge is 2.10. The first kappa shape index (κ1) is 14.1. The van der Waals surface area contributed by atoms with E-state index in [1.54, 1.807) is 6.07 Å². The van der Waals surface area contributed by atoms with Gasteiger partial charge in [0, 0.05) is 17.6 Å². The van der Waals surface area contributed by atoms with Crippen LogP contribution in [0.15, 0.2) is 22.7 Å². The number of benzene rings is 1. The zero-order valence-corrected chi connectivity index (χ0v) is 11.7. The molecule has 92 valence electrons. The van der Waals surface area contributed by atoms with E-state index in [1.807, 2.05) is 6.92 Å². The number of nitrogens with zero attached hydrogens (tertiary/aromatic N) is 2. The van der Waals surface area contributed by atoms with Crippen LogP contribution in [0.5, 0.6) is 0 Å². The van der Waals surface area contributed by atoms with E-state index < -0.39 is 0 Å². The molecule has 2 nitrogen and oxygen atoms in total. The van der Waals surface area contributed by atoms with E-state index in [2.05, 4.69) is 33.8 Å². The van der Waals surface area contributed by atoms with Crippen molar-refractivity contribution in [1.82, 2.24) is 4.90 Å². The minimum atomic E-state index is -0.242. The maximum atomic E-state index is 12.9. The average molecular weight is 299 g/mol. The largest absolute Gasteiger partial charge is 0.298 e. The smallest absolute Gasteiger partial charge is 0.124 e. The summed E-state index contributed by atoms with van der Waals surface area (Å²) in [5.41, 5.74) is 1.04. The van der Waals surface area contributed by atoms with Crippen LogP contribution in [-0.4, -0.2) is 18.0 Å². The molecule has 0 aliphatic rings. The number of rotatable bonds is 5. The van der Waals surface area contributed by atoms with Crippen molar-refractivity contribution in [3.8, 4) is 6.07 Å². The maximum absolute atomic E-state index is 12.9. The third kappa shape index (κ3) is 4.45. The lowest BCUT2D eigenvalue weighted by Gasteiger charge is -2.22. The van der Waals surface area contributed by atoms with Gasteiger partial charge in [-0.25, -0.2) is 4.39 Å². The van der Waals surface area contributed by atoms with E-state index in [9.17, 15) is 4.39 Å². The van der Waals surface area contributed by atoms with E-state index in [0.717, 1.165) is 29.7 Å². The molecule has 0 aliphatic carbocycles. The van der Waals surface area contributed by atoms with Crippen LogP contribution < -0.4 is 0 Å². The normalized spacial score (nSPS) is 12.5. The van der Waals surface area contributed by atoms with Gasteiger partial charge in [-0.15, -0.1) is 0 Å². The summed E-state index contributed by atoms with van der Waals surface area (Å²) in [4.78, 5) is 2.17. The molecule has 1 rings (SSSR count). The highest BCUT2D eigenvalue weighted by molar-refractivity contribution is 9.10. The molecule has 0 N–H and O–H groups in total. The highest BCUT2D eigenvalue weighted by atomic mass is 79.9. The Morgan fingerprint density at radius 2 is 2.24 bits per heavy atom. The lowest BCUT2D eigenvalue weighted by atomic mass is 10.1. The zero-order chi connectivity index (χ0) is 12.8. The molecule has 0 aliphatic heterocycles. The van der Waals surface area contributed by atoms with Crippen LogP contribution >= 0.6 is 15.9 Å². The van der Waals surface area contributed by atoms with Gasteiger partial charge >= 0.3 is 0 Å². The molecule has 1 atom stereocenters. The van der Waals surface area contributed by atoms with Gasteiger partial charge in [-0.05, 0) is 31.2 Å². The van der Waals surface area contributed by atoms with E-state index in [1.165, 1.54) is 12.1 Å². The van der Waals surface area contributed by atoms with Gasteiger partial charge in [-0.1, -0.05) is 28.9 Å². The Morgan fingerprint density at radius 3 is 2.76 bits per heavy atom. The predicted molar refractivity (Wildman–Crippen MR) is 69.8 cm³/mol. The molecule has 0 aromatic heterocycles. The van der Waals surface area contributed by atoms with Crippen LogP contribution in [0.25, 0.3) is 0 Å². The summed E-state index contributed by atoms with van der Waals surface area (Å²) >= 11 is 3.36. The van der Waals surface area contributed by atoms with E-state index in [4.69, 9.17) is 5.26 Å². The zero-order valence-electron chi connectivity index (χ0n) is 10.1. The van der Waals surface area contributed by atoms with Crippen LogP contribution in [0.1, 0.15) is 19.4 Å². The third-order valence-electron chi connectivity index (χ3n) is 2.61. The first-order valence-electron chi connectivity index (χ1n) is 5.62. The molecule has 0 fully saturated rings. The standard InChI is InChI=1S/C13H16BrFN2/c1-3-17(8-10(2)7-16)9-11-4-5-12(15)6-13(11)14/h4-6,10H,3,8-9H2,1-2H3. The SMILES string of the molecule is CCN(Cc1ccc(F)cc1Br)CC(C)C#N. The van der Waals surface area contributed by atoms with Crippen molar-refractivity contribution >= 4 is 15.9 Å². The summed E-state index contributed by atoms with van der Waals surface area (Å²) in [6.07, 6.45) is 0. The molecule has 1 aromatic carbocycles. The van der Waals surface area contributed by atoms with Crippen molar-refractivity contribution < 1.29 is 4.39 Å². The lowest BCUT2D eigenvalue weighted by Crippen LogP contribution is -2.27. The molecule has 0 saturated carbocycles. The molecule has 0 heterocycles. The van der Waals surface area contributed by atoms with Crippen LogP contribution in [0.3, 0.4) is 0 Å². The quantitative estimate of drug-likeness (QED) is 0.831. The Bertz CT molecular complexity index is 414.